The van der Waals surface area contributed by atoms with Crippen LogP contribution in [0.1, 0.15) is 17.3 Å². The SMILES string of the molecule is CC1Nc2cc(NC(=O)c3cccnc3Nc3ccc4ccncc4c3)ccc2S1. The highest BCUT2D eigenvalue weighted by atomic mass is 32.2. The number of benzene rings is 2. The van der Waals surface area contributed by atoms with Gasteiger partial charge >= 0.3 is 0 Å². The monoisotopic (exact) mass is 413 g/mol. The Morgan fingerprint density at radius 3 is 2.87 bits per heavy atom. The van der Waals surface area contributed by atoms with Crippen LogP contribution < -0.4 is 16.0 Å². The van der Waals surface area contributed by atoms with E-state index in [1.54, 1.807) is 36.3 Å². The number of pyridine rings is 2. The second-order valence-corrected chi connectivity index (χ2v) is 8.41. The Kier molecular flexibility index (Phi) is 4.72. The summed E-state index contributed by atoms with van der Waals surface area (Å²) in [6.45, 7) is 2.11. The predicted molar refractivity (Wildman–Crippen MR) is 123 cm³/mol. The lowest BCUT2D eigenvalue weighted by Gasteiger charge is -2.12. The van der Waals surface area contributed by atoms with Crippen LogP contribution in [-0.4, -0.2) is 21.2 Å². The Morgan fingerprint density at radius 2 is 1.93 bits per heavy atom. The fourth-order valence-corrected chi connectivity index (χ4v) is 4.41. The number of hydrogen-bond acceptors (Lipinski definition) is 6. The van der Waals surface area contributed by atoms with E-state index in [2.05, 4.69) is 32.8 Å². The van der Waals surface area contributed by atoms with Crippen molar-refractivity contribution in [1.29, 1.82) is 0 Å². The van der Waals surface area contributed by atoms with Crippen LogP contribution in [0.2, 0.25) is 0 Å². The topological polar surface area (TPSA) is 78.9 Å². The molecule has 1 unspecified atom stereocenters. The van der Waals surface area contributed by atoms with Crippen molar-refractivity contribution in [3.8, 4) is 0 Å². The Labute approximate surface area is 178 Å². The van der Waals surface area contributed by atoms with Gasteiger partial charge in [0.15, 0.2) is 0 Å². The molecule has 1 aliphatic heterocycles. The van der Waals surface area contributed by atoms with Gasteiger partial charge in [-0.25, -0.2) is 4.98 Å². The number of carbonyl (C=O) groups excluding carboxylic acids is 1. The third kappa shape index (κ3) is 3.67. The van der Waals surface area contributed by atoms with Crippen molar-refractivity contribution in [3.63, 3.8) is 0 Å². The number of carbonyl (C=O) groups is 1. The fraction of sp³-hybridized carbons (Fsp3) is 0.0870. The van der Waals surface area contributed by atoms with Gasteiger partial charge in [0.1, 0.15) is 5.82 Å². The molecule has 5 rings (SSSR count). The van der Waals surface area contributed by atoms with Crippen molar-refractivity contribution < 1.29 is 4.79 Å². The molecule has 0 saturated heterocycles. The van der Waals surface area contributed by atoms with Gasteiger partial charge in [-0.2, -0.15) is 0 Å². The molecule has 7 heteroatoms. The van der Waals surface area contributed by atoms with E-state index in [9.17, 15) is 4.79 Å². The van der Waals surface area contributed by atoms with E-state index in [0.29, 0.717) is 16.8 Å². The standard InChI is InChI=1S/C23H19N5OS/c1-14-26-20-12-18(6-7-21(20)30-14)28-23(29)19-3-2-9-25-22(19)27-17-5-4-15-8-10-24-13-16(15)11-17/h2-14,26H,1H3,(H,25,27)(H,28,29). The van der Waals surface area contributed by atoms with Gasteiger partial charge in [0, 0.05) is 40.2 Å². The molecular weight excluding hydrogens is 394 g/mol. The number of fused-ring (bicyclic) bond motifs is 2. The van der Waals surface area contributed by atoms with Gasteiger partial charge in [0.05, 0.1) is 16.6 Å². The first kappa shape index (κ1) is 18.4. The molecule has 0 bridgehead atoms. The Morgan fingerprint density at radius 1 is 1.03 bits per heavy atom. The number of nitrogens with zero attached hydrogens (tertiary/aromatic N) is 2. The number of anilines is 4. The molecule has 1 aliphatic rings. The molecule has 1 amide bonds. The summed E-state index contributed by atoms with van der Waals surface area (Å²) in [6, 6.07) is 17.4. The van der Waals surface area contributed by atoms with Gasteiger partial charge in [-0.15, -0.1) is 0 Å². The highest BCUT2D eigenvalue weighted by Crippen LogP contribution is 2.39. The molecule has 1 atom stereocenters. The van der Waals surface area contributed by atoms with Crippen molar-refractivity contribution in [1.82, 2.24) is 9.97 Å². The second-order valence-electron chi connectivity index (χ2n) is 7.03. The third-order valence-corrected chi connectivity index (χ3v) is 5.94. The van der Waals surface area contributed by atoms with E-state index in [0.717, 1.165) is 27.8 Å². The zero-order valence-corrected chi connectivity index (χ0v) is 17.0. The summed E-state index contributed by atoms with van der Waals surface area (Å²) >= 11 is 1.77. The minimum atomic E-state index is -0.216. The molecular formula is C23H19N5OS. The molecule has 2 aromatic heterocycles. The molecule has 0 radical (unpaired) electrons. The molecule has 0 fully saturated rings. The Hall–Kier alpha value is -3.58. The maximum atomic E-state index is 13.0. The lowest BCUT2D eigenvalue weighted by atomic mass is 10.1. The van der Waals surface area contributed by atoms with Gasteiger partial charge in [-0.3, -0.25) is 9.78 Å². The predicted octanol–water partition coefficient (Wildman–Crippen LogP) is 5.49. The van der Waals surface area contributed by atoms with E-state index < -0.39 is 0 Å². The van der Waals surface area contributed by atoms with Crippen molar-refractivity contribution in [2.75, 3.05) is 16.0 Å². The Bertz CT molecular complexity index is 1260. The largest absolute Gasteiger partial charge is 0.372 e. The van der Waals surface area contributed by atoms with Crippen molar-refractivity contribution >= 4 is 51.3 Å². The summed E-state index contributed by atoms with van der Waals surface area (Å²) in [6.07, 6.45) is 5.25. The molecule has 3 heterocycles. The van der Waals surface area contributed by atoms with Crippen LogP contribution in [0.4, 0.5) is 22.9 Å². The molecule has 3 N–H and O–H groups in total. The molecule has 4 aromatic rings. The summed E-state index contributed by atoms with van der Waals surface area (Å²) in [5, 5.41) is 12.1. The summed E-state index contributed by atoms with van der Waals surface area (Å²) in [4.78, 5) is 22.7. The van der Waals surface area contributed by atoms with Crippen LogP contribution in [0, 0.1) is 0 Å². The van der Waals surface area contributed by atoms with E-state index in [4.69, 9.17) is 0 Å². The van der Waals surface area contributed by atoms with Crippen LogP contribution in [0.5, 0.6) is 0 Å². The average molecular weight is 414 g/mol. The third-order valence-electron chi connectivity index (χ3n) is 4.86. The van der Waals surface area contributed by atoms with Gasteiger partial charge < -0.3 is 16.0 Å². The average Bonchev–Trinajstić information content (AvgIpc) is 3.13. The minimum Gasteiger partial charge on any atom is -0.372 e. The van der Waals surface area contributed by atoms with Crippen molar-refractivity contribution in [3.05, 3.63) is 78.8 Å². The number of amides is 1. The van der Waals surface area contributed by atoms with Crippen LogP contribution >= 0.6 is 11.8 Å². The molecule has 0 saturated carbocycles. The van der Waals surface area contributed by atoms with Crippen LogP contribution in [0.15, 0.2) is 78.1 Å². The molecule has 0 aliphatic carbocycles. The van der Waals surface area contributed by atoms with Gasteiger partial charge in [0.2, 0.25) is 0 Å². The maximum absolute atomic E-state index is 13.0. The van der Waals surface area contributed by atoms with Gasteiger partial charge in [-0.1, -0.05) is 17.8 Å². The number of thioether (sulfide) groups is 1. The second kappa shape index (κ2) is 7.68. The highest BCUT2D eigenvalue weighted by Gasteiger charge is 2.19. The molecule has 6 nitrogen and oxygen atoms in total. The molecule has 2 aromatic carbocycles. The first-order chi connectivity index (χ1) is 14.7. The maximum Gasteiger partial charge on any atom is 0.259 e. The van der Waals surface area contributed by atoms with Crippen LogP contribution in [0.25, 0.3) is 10.8 Å². The molecule has 0 spiro atoms. The lowest BCUT2D eigenvalue weighted by Crippen LogP contribution is -2.14. The summed E-state index contributed by atoms with van der Waals surface area (Å²) in [5.41, 5.74) is 3.10. The van der Waals surface area contributed by atoms with E-state index in [1.807, 2.05) is 48.7 Å². The van der Waals surface area contributed by atoms with Crippen LogP contribution in [-0.2, 0) is 0 Å². The quantitative estimate of drug-likeness (QED) is 0.411. The van der Waals surface area contributed by atoms with Crippen molar-refractivity contribution in [2.45, 2.75) is 17.2 Å². The Balaban J connectivity index is 1.39. The van der Waals surface area contributed by atoms with E-state index in [1.165, 1.54) is 4.90 Å². The zero-order chi connectivity index (χ0) is 20.5. The van der Waals surface area contributed by atoms with E-state index in [-0.39, 0.29) is 5.91 Å². The first-order valence-electron chi connectivity index (χ1n) is 9.60. The summed E-state index contributed by atoms with van der Waals surface area (Å²) in [7, 11) is 0. The van der Waals surface area contributed by atoms with Gasteiger partial charge in [-0.05, 0) is 60.8 Å². The van der Waals surface area contributed by atoms with Gasteiger partial charge in [0.25, 0.3) is 5.91 Å². The van der Waals surface area contributed by atoms with E-state index >= 15 is 0 Å². The van der Waals surface area contributed by atoms with Crippen molar-refractivity contribution in [2.24, 2.45) is 0 Å². The molecule has 148 valence electrons. The number of aromatic nitrogens is 2. The lowest BCUT2D eigenvalue weighted by molar-refractivity contribution is 0.102. The fourth-order valence-electron chi connectivity index (χ4n) is 3.45. The smallest absolute Gasteiger partial charge is 0.259 e. The van der Waals surface area contributed by atoms with Crippen LogP contribution in [0.3, 0.4) is 0 Å². The number of rotatable bonds is 4. The summed E-state index contributed by atoms with van der Waals surface area (Å²) < 4.78 is 0. The zero-order valence-electron chi connectivity index (χ0n) is 16.2. The first-order valence-corrected chi connectivity index (χ1v) is 10.5. The normalized spacial score (nSPS) is 14.8. The number of hydrogen-bond donors (Lipinski definition) is 3. The minimum absolute atomic E-state index is 0.216. The number of nitrogens with one attached hydrogen (secondary N) is 3. The highest BCUT2D eigenvalue weighted by molar-refractivity contribution is 8.00. The summed E-state index contributed by atoms with van der Waals surface area (Å²) in [5.74, 6) is 0.286. The molecule has 30 heavy (non-hydrogen) atoms.